The predicted octanol–water partition coefficient (Wildman–Crippen LogP) is 3.42. The molecule has 0 aromatic heterocycles. The van der Waals surface area contributed by atoms with Crippen molar-refractivity contribution in [3.05, 3.63) is 65.2 Å². The van der Waals surface area contributed by atoms with Crippen molar-refractivity contribution < 1.29 is 9.59 Å². The lowest BCUT2D eigenvalue weighted by Crippen LogP contribution is -2.55. The number of hydrogen-bond acceptors (Lipinski definition) is 2. The first-order chi connectivity index (χ1) is 12.1. The highest BCUT2D eigenvalue weighted by atomic mass is 16.2. The van der Waals surface area contributed by atoms with Crippen molar-refractivity contribution in [3.63, 3.8) is 0 Å². The Morgan fingerprint density at radius 1 is 1.16 bits per heavy atom. The van der Waals surface area contributed by atoms with Gasteiger partial charge < -0.3 is 10.6 Å². The third-order valence-corrected chi connectivity index (χ3v) is 5.69. The molecule has 1 fully saturated rings. The Morgan fingerprint density at radius 2 is 1.96 bits per heavy atom. The topological polar surface area (TPSA) is 58.2 Å². The Balaban J connectivity index is 1.61. The van der Waals surface area contributed by atoms with Crippen molar-refractivity contribution in [1.82, 2.24) is 5.32 Å². The number of carbonyl (C=O) groups excluding carboxylic acids is 2. The van der Waals surface area contributed by atoms with E-state index in [2.05, 4.69) is 23.6 Å². The lowest BCUT2D eigenvalue weighted by molar-refractivity contribution is -0.125. The molecule has 1 aliphatic heterocycles. The van der Waals surface area contributed by atoms with Crippen LogP contribution in [0.2, 0.25) is 0 Å². The molecule has 2 amide bonds. The number of aryl methyl sites for hydroxylation is 1. The molecule has 2 atom stereocenters. The van der Waals surface area contributed by atoms with Crippen molar-refractivity contribution >= 4 is 17.5 Å². The Kier molecular flexibility index (Phi) is 3.83. The number of benzene rings is 2. The summed E-state index contributed by atoms with van der Waals surface area (Å²) in [6.45, 7) is 2.23. The Labute approximate surface area is 147 Å². The number of piperidine rings is 1. The lowest BCUT2D eigenvalue weighted by atomic mass is 9.64. The summed E-state index contributed by atoms with van der Waals surface area (Å²) in [4.78, 5) is 24.3. The van der Waals surface area contributed by atoms with Crippen LogP contribution in [0.5, 0.6) is 0 Å². The quantitative estimate of drug-likeness (QED) is 0.884. The molecule has 2 aromatic carbocycles. The fourth-order valence-corrected chi connectivity index (χ4v) is 4.21. The van der Waals surface area contributed by atoms with Crippen molar-refractivity contribution in [2.45, 2.75) is 44.1 Å². The van der Waals surface area contributed by atoms with Crippen molar-refractivity contribution in [2.75, 3.05) is 5.32 Å². The van der Waals surface area contributed by atoms with Crippen LogP contribution in [0.15, 0.2) is 48.5 Å². The third kappa shape index (κ3) is 2.82. The van der Waals surface area contributed by atoms with Crippen LogP contribution in [0.3, 0.4) is 0 Å². The molecule has 1 aliphatic carbocycles. The van der Waals surface area contributed by atoms with E-state index in [1.165, 1.54) is 11.1 Å². The Bertz CT molecular complexity index is 831. The first-order valence-corrected chi connectivity index (χ1v) is 8.85. The van der Waals surface area contributed by atoms with Gasteiger partial charge in [0.2, 0.25) is 5.91 Å². The third-order valence-electron chi connectivity index (χ3n) is 5.69. The van der Waals surface area contributed by atoms with E-state index in [-0.39, 0.29) is 23.3 Å². The molecule has 1 heterocycles. The molecule has 4 rings (SSSR count). The number of nitrogens with one attached hydrogen (secondary N) is 2. The van der Waals surface area contributed by atoms with E-state index < -0.39 is 0 Å². The van der Waals surface area contributed by atoms with Gasteiger partial charge in [-0.15, -0.1) is 0 Å². The van der Waals surface area contributed by atoms with Crippen LogP contribution in [0.25, 0.3) is 0 Å². The van der Waals surface area contributed by atoms with Gasteiger partial charge in [0, 0.05) is 29.1 Å². The van der Waals surface area contributed by atoms with E-state index in [4.69, 9.17) is 0 Å². The molecule has 2 aliphatic rings. The molecular formula is C21H22N2O2. The molecule has 128 valence electrons. The van der Waals surface area contributed by atoms with Crippen LogP contribution >= 0.6 is 0 Å². The molecule has 4 nitrogen and oxygen atoms in total. The zero-order valence-electron chi connectivity index (χ0n) is 14.3. The molecule has 0 spiro atoms. The van der Waals surface area contributed by atoms with E-state index in [0.717, 1.165) is 24.9 Å². The van der Waals surface area contributed by atoms with Crippen LogP contribution < -0.4 is 10.6 Å². The van der Waals surface area contributed by atoms with Gasteiger partial charge in [0.25, 0.3) is 5.91 Å². The maximum Gasteiger partial charge on any atom is 0.255 e. The summed E-state index contributed by atoms with van der Waals surface area (Å²) in [6, 6.07) is 15.7. The fraction of sp³-hybridized carbons (Fsp3) is 0.333. The zero-order valence-corrected chi connectivity index (χ0v) is 14.3. The maximum absolute atomic E-state index is 12.5. The van der Waals surface area contributed by atoms with E-state index in [0.29, 0.717) is 12.0 Å². The molecular weight excluding hydrogens is 312 g/mol. The standard InChI is InChI=1S/C21H22N2O2/c1-21-12-11-19(24)23-18(21)10-8-14-13-15(7-9-17(14)21)20(25)22-16-5-3-2-4-6-16/h2-7,9,13,18H,8,10-12H2,1H3,(H,22,25)(H,23,24)/t18-,21-/m1/s1. The van der Waals surface area contributed by atoms with Crippen molar-refractivity contribution in [2.24, 2.45) is 0 Å². The predicted molar refractivity (Wildman–Crippen MR) is 97.7 cm³/mol. The highest BCUT2D eigenvalue weighted by Crippen LogP contribution is 2.43. The van der Waals surface area contributed by atoms with Gasteiger partial charge in [0.1, 0.15) is 0 Å². The van der Waals surface area contributed by atoms with Crippen LogP contribution in [0.1, 0.15) is 47.7 Å². The minimum atomic E-state index is -0.0850. The molecule has 1 saturated heterocycles. The largest absolute Gasteiger partial charge is 0.352 e. The average molecular weight is 334 g/mol. The molecule has 4 heteroatoms. The molecule has 0 saturated carbocycles. The second-order valence-corrected chi connectivity index (χ2v) is 7.27. The Hall–Kier alpha value is -2.62. The summed E-state index contributed by atoms with van der Waals surface area (Å²) in [6.07, 6.45) is 3.26. The van der Waals surface area contributed by atoms with E-state index >= 15 is 0 Å². The van der Waals surface area contributed by atoms with Crippen LogP contribution in [0.4, 0.5) is 5.69 Å². The van der Waals surface area contributed by atoms with Gasteiger partial charge in [0.15, 0.2) is 0 Å². The van der Waals surface area contributed by atoms with Gasteiger partial charge in [-0.2, -0.15) is 0 Å². The normalized spacial score (nSPS) is 24.7. The van der Waals surface area contributed by atoms with Gasteiger partial charge in [-0.3, -0.25) is 9.59 Å². The molecule has 2 aromatic rings. The summed E-state index contributed by atoms with van der Waals surface area (Å²) >= 11 is 0. The number of carbonyl (C=O) groups is 2. The van der Waals surface area contributed by atoms with Gasteiger partial charge in [-0.25, -0.2) is 0 Å². The number of amides is 2. The van der Waals surface area contributed by atoms with E-state index in [9.17, 15) is 9.59 Å². The zero-order chi connectivity index (χ0) is 17.4. The highest BCUT2D eigenvalue weighted by Gasteiger charge is 2.44. The summed E-state index contributed by atoms with van der Waals surface area (Å²) in [5.74, 6) is 0.0722. The smallest absolute Gasteiger partial charge is 0.255 e. The van der Waals surface area contributed by atoms with Crippen molar-refractivity contribution in [3.8, 4) is 0 Å². The lowest BCUT2D eigenvalue weighted by Gasteiger charge is -2.46. The van der Waals surface area contributed by atoms with Crippen LogP contribution in [-0.2, 0) is 16.6 Å². The summed E-state index contributed by atoms with van der Waals surface area (Å²) < 4.78 is 0. The number of anilines is 1. The minimum Gasteiger partial charge on any atom is -0.352 e. The second-order valence-electron chi connectivity index (χ2n) is 7.27. The van der Waals surface area contributed by atoms with Gasteiger partial charge in [-0.05, 0) is 54.7 Å². The summed E-state index contributed by atoms with van der Waals surface area (Å²) in [7, 11) is 0. The molecule has 0 radical (unpaired) electrons. The number of hydrogen-bond donors (Lipinski definition) is 2. The summed E-state index contributed by atoms with van der Waals surface area (Å²) in [5.41, 5.74) is 3.96. The number of para-hydroxylation sites is 1. The number of rotatable bonds is 2. The SMILES string of the molecule is C[C@]12CCC(=O)N[C@@H]1CCc1cc(C(=O)Nc3ccccc3)ccc12. The Morgan fingerprint density at radius 3 is 2.76 bits per heavy atom. The average Bonchev–Trinajstić information content (AvgIpc) is 2.63. The minimum absolute atomic E-state index is 0.0318. The van der Waals surface area contributed by atoms with Gasteiger partial charge >= 0.3 is 0 Å². The number of fused-ring (bicyclic) bond motifs is 3. The first-order valence-electron chi connectivity index (χ1n) is 8.85. The fourth-order valence-electron chi connectivity index (χ4n) is 4.21. The molecule has 0 bridgehead atoms. The van der Waals surface area contributed by atoms with Crippen LogP contribution in [0, 0.1) is 0 Å². The van der Waals surface area contributed by atoms with Crippen LogP contribution in [-0.4, -0.2) is 17.9 Å². The van der Waals surface area contributed by atoms with E-state index in [1.54, 1.807) is 0 Å². The van der Waals surface area contributed by atoms with Gasteiger partial charge in [0.05, 0.1) is 0 Å². The van der Waals surface area contributed by atoms with Crippen molar-refractivity contribution in [1.29, 1.82) is 0 Å². The van der Waals surface area contributed by atoms with E-state index in [1.807, 2.05) is 42.5 Å². The summed E-state index contributed by atoms with van der Waals surface area (Å²) in [5, 5.41) is 6.09. The van der Waals surface area contributed by atoms with Gasteiger partial charge in [-0.1, -0.05) is 31.2 Å². The molecule has 0 unspecified atom stereocenters. The second kappa shape index (κ2) is 6.03. The maximum atomic E-state index is 12.5. The first kappa shape index (κ1) is 15.9. The molecule has 25 heavy (non-hydrogen) atoms. The molecule has 2 N–H and O–H groups in total. The highest BCUT2D eigenvalue weighted by molar-refractivity contribution is 6.04. The monoisotopic (exact) mass is 334 g/mol.